The first kappa shape index (κ1) is 13.6. The predicted octanol–water partition coefficient (Wildman–Crippen LogP) is 4.29. The summed E-state index contributed by atoms with van der Waals surface area (Å²) in [7, 11) is 0. The monoisotopic (exact) mass is 246 g/mol. The maximum absolute atomic E-state index is 10.5. The highest BCUT2D eigenvalue weighted by Gasteiger charge is 2.28. The second-order valence-electron chi connectivity index (χ2n) is 6.57. The van der Waals surface area contributed by atoms with E-state index in [1.54, 1.807) is 0 Å². The van der Waals surface area contributed by atoms with Crippen LogP contribution in [0, 0.1) is 5.92 Å². The summed E-state index contributed by atoms with van der Waals surface area (Å²) >= 11 is 0. The molecule has 0 heterocycles. The van der Waals surface area contributed by atoms with Crippen molar-refractivity contribution in [2.75, 3.05) is 0 Å². The van der Waals surface area contributed by atoms with Crippen molar-refractivity contribution in [2.45, 2.75) is 64.4 Å². The predicted molar refractivity (Wildman–Crippen MR) is 76.8 cm³/mol. The van der Waals surface area contributed by atoms with Crippen LogP contribution in [0.5, 0.6) is 0 Å². The Morgan fingerprint density at radius 1 is 1.22 bits per heavy atom. The Hall–Kier alpha value is -0.820. The molecule has 0 aliphatic heterocycles. The summed E-state index contributed by atoms with van der Waals surface area (Å²) in [4.78, 5) is 0. The summed E-state index contributed by atoms with van der Waals surface area (Å²) < 4.78 is 0. The zero-order chi connectivity index (χ0) is 13.2. The van der Waals surface area contributed by atoms with Gasteiger partial charge in [-0.3, -0.25) is 0 Å². The molecule has 0 aromatic heterocycles. The topological polar surface area (TPSA) is 20.2 Å². The fraction of sp³-hybridized carbons (Fsp3) is 0.647. The zero-order valence-electron chi connectivity index (χ0n) is 11.9. The van der Waals surface area contributed by atoms with E-state index in [1.165, 1.54) is 30.4 Å². The van der Waals surface area contributed by atoms with Crippen LogP contribution in [0.3, 0.4) is 0 Å². The molecule has 0 bridgehead atoms. The van der Waals surface area contributed by atoms with E-state index in [0.29, 0.717) is 5.92 Å². The largest absolute Gasteiger partial charge is 0.390 e. The van der Waals surface area contributed by atoms with Gasteiger partial charge in [-0.25, -0.2) is 0 Å². The van der Waals surface area contributed by atoms with E-state index in [2.05, 4.69) is 38.1 Å². The van der Waals surface area contributed by atoms with Gasteiger partial charge in [0.15, 0.2) is 0 Å². The molecule has 1 heteroatoms. The number of benzene rings is 1. The van der Waals surface area contributed by atoms with Crippen molar-refractivity contribution in [3.05, 3.63) is 35.4 Å². The van der Waals surface area contributed by atoms with Gasteiger partial charge in [-0.1, -0.05) is 57.4 Å². The van der Waals surface area contributed by atoms with Crippen molar-refractivity contribution in [3.63, 3.8) is 0 Å². The van der Waals surface area contributed by atoms with E-state index in [4.69, 9.17) is 0 Å². The van der Waals surface area contributed by atoms with E-state index in [0.717, 1.165) is 18.8 Å². The molecular weight excluding hydrogens is 220 g/mol. The molecule has 1 aromatic rings. The van der Waals surface area contributed by atoms with Crippen LogP contribution < -0.4 is 0 Å². The van der Waals surface area contributed by atoms with Crippen LogP contribution >= 0.6 is 0 Å². The molecule has 1 saturated carbocycles. The number of aliphatic hydroxyl groups is 1. The molecule has 1 unspecified atom stereocenters. The molecule has 18 heavy (non-hydrogen) atoms. The second-order valence-corrected chi connectivity index (χ2v) is 6.57. The van der Waals surface area contributed by atoms with Crippen molar-refractivity contribution in [3.8, 4) is 0 Å². The van der Waals surface area contributed by atoms with Crippen LogP contribution in [0.25, 0.3) is 0 Å². The Kier molecular flexibility index (Phi) is 4.11. The van der Waals surface area contributed by atoms with Crippen molar-refractivity contribution in [1.29, 1.82) is 0 Å². The lowest BCUT2D eigenvalue weighted by molar-refractivity contribution is 0.0204. The van der Waals surface area contributed by atoms with E-state index in [9.17, 15) is 5.11 Å². The van der Waals surface area contributed by atoms with Gasteiger partial charge < -0.3 is 5.11 Å². The number of hydrogen-bond acceptors (Lipinski definition) is 1. The first-order valence-corrected chi connectivity index (χ1v) is 7.27. The highest BCUT2D eigenvalue weighted by Crippen LogP contribution is 2.34. The van der Waals surface area contributed by atoms with Crippen molar-refractivity contribution >= 4 is 0 Å². The third-order valence-electron chi connectivity index (χ3n) is 4.18. The van der Waals surface area contributed by atoms with Crippen LogP contribution in [-0.4, -0.2) is 10.7 Å². The molecule has 1 aliphatic carbocycles. The minimum absolute atomic E-state index is 0.537. The summed E-state index contributed by atoms with van der Waals surface area (Å²) in [5, 5.41) is 10.5. The normalized spacial score (nSPS) is 19.6. The molecule has 1 atom stereocenters. The second kappa shape index (κ2) is 5.44. The standard InChI is InChI=1S/C17H26O/c1-13(2)16-9-7-15(8-10-16)12-17(3,18)11-14-5-4-6-14/h7-10,13-14,18H,4-6,11-12H2,1-3H3. The van der Waals surface area contributed by atoms with Crippen LogP contribution in [-0.2, 0) is 6.42 Å². The van der Waals surface area contributed by atoms with Crippen LogP contribution in [0.15, 0.2) is 24.3 Å². The molecule has 100 valence electrons. The molecule has 0 spiro atoms. The van der Waals surface area contributed by atoms with Gasteiger partial charge in [0.2, 0.25) is 0 Å². The molecule has 0 radical (unpaired) electrons. The SMILES string of the molecule is CC(C)c1ccc(CC(C)(O)CC2CCC2)cc1. The van der Waals surface area contributed by atoms with Crippen molar-refractivity contribution in [1.82, 2.24) is 0 Å². The quantitative estimate of drug-likeness (QED) is 0.821. The van der Waals surface area contributed by atoms with Gasteiger partial charge in [-0.05, 0) is 36.3 Å². The molecule has 1 aromatic carbocycles. The van der Waals surface area contributed by atoms with E-state index >= 15 is 0 Å². The van der Waals surface area contributed by atoms with Gasteiger partial charge in [0.1, 0.15) is 0 Å². The highest BCUT2D eigenvalue weighted by atomic mass is 16.3. The van der Waals surface area contributed by atoms with Gasteiger partial charge in [0.25, 0.3) is 0 Å². The number of rotatable bonds is 5. The highest BCUT2D eigenvalue weighted by molar-refractivity contribution is 5.25. The smallest absolute Gasteiger partial charge is 0.0662 e. The third kappa shape index (κ3) is 3.58. The van der Waals surface area contributed by atoms with Crippen LogP contribution in [0.2, 0.25) is 0 Å². The molecule has 0 saturated heterocycles. The summed E-state index contributed by atoms with van der Waals surface area (Å²) in [6, 6.07) is 8.73. The van der Waals surface area contributed by atoms with E-state index < -0.39 is 5.60 Å². The summed E-state index contributed by atoms with van der Waals surface area (Å²) in [6.45, 7) is 6.41. The lowest BCUT2D eigenvalue weighted by atomic mass is 9.76. The lowest BCUT2D eigenvalue weighted by Crippen LogP contribution is -2.32. The van der Waals surface area contributed by atoms with Crippen molar-refractivity contribution in [2.24, 2.45) is 5.92 Å². The lowest BCUT2D eigenvalue weighted by Gasteiger charge is -2.33. The first-order chi connectivity index (χ1) is 8.46. The van der Waals surface area contributed by atoms with Crippen LogP contribution in [0.1, 0.15) is 63.5 Å². The van der Waals surface area contributed by atoms with Crippen molar-refractivity contribution < 1.29 is 5.11 Å². The average Bonchev–Trinajstić information content (AvgIpc) is 2.24. The maximum Gasteiger partial charge on any atom is 0.0662 e. The molecule has 1 aliphatic rings. The molecular formula is C17H26O. The zero-order valence-corrected chi connectivity index (χ0v) is 11.9. The molecule has 1 N–H and O–H groups in total. The van der Waals surface area contributed by atoms with Gasteiger partial charge in [0.05, 0.1) is 5.60 Å². The Balaban J connectivity index is 1.94. The summed E-state index contributed by atoms with van der Waals surface area (Å²) in [5.74, 6) is 1.34. The fourth-order valence-corrected chi connectivity index (χ4v) is 2.85. The van der Waals surface area contributed by atoms with Gasteiger partial charge in [0, 0.05) is 6.42 Å². The van der Waals surface area contributed by atoms with Crippen LogP contribution in [0.4, 0.5) is 0 Å². The minimum Gasteiger partial charge on any atom is -0.390 e. The van der Waals surface area contributed by atoms with Gasteiger partial charge in [-0.2, -0.15) is 0 Å². The summed E-state index contributed by atoms with van der Waals surface area (Å²) in [6.07, 6.45) is 5.70. The number of hydrogen-bond donors (Lipinski definition) is 1. The van der Waals surface area contributed by atoms with E-state index in [-0.39, 0.29) is 0 Å². The molecule has 1 nitrogen and oxygen atoms in total. The first-order valence-electron chi connectivity index (χ1n) is 7.27. The molecule has 1 fully saturated rings. The van der Waals surface area contributed by atoms with Gasteiger partial charge in [-0.15, -0.1) is 0 Å². The average molecular weight is 246 g/mol. The Morgan fingerprint density at radius 3 is 2.28 bits per heavy atom. The minimum atomic E-state index is -0.537. The molecule has 2 rings (SSSR count). The fourth-order valence-electron chi connectivity index (χ4n) is 2.85. The Morgan fingerprint density at radius 2 is 1.83 bits per heavy atom. The van der Waals surface area contributed by atoms with Gasteiger partial charge >= 0.3 is 0 Å². The maximum atomic E-state index is 10.5. The van der Waals surface area contributed by atoms with E-state index in [1.807, 2.05) is 6.92 Å². The summed E-state index contributed by atoms with van der Waals surface area (Å²) in [5.41, 5.74) is 2.09. The Labute approximate surface area is 111 Å². The Bertz CT molecular complexity index is 371. The third-order valence-corrected chi connectivity index (χ3v) is 4.18. The molecule has 0 amide bonds.